The van der Waals surface area contributed by atoms with E-state index in [0.717, 1.165) is 11.1 Å². The molecule has 0 heterocycles. The summed E-state index contributed by atoms with van der Waals surface area (Å²) in [6.07, 6.45) is -0.0360. The van der Waals surface area contributed by atoms with Crippen LogP contribution >= 0.6 is 0 Å². The Kier molecular flexibility index (Phi) is 107. The molecule has 0 spiro atoms. The first-order chi connectivity index (χ1) is 13.7. The van der Waals surface area contributed by atoms with Crippen LogP contribution in [-0.2, 0) is 47.0 Å². The molecule has 14 nitrogen and oxygen atoms in total. The molecular weight excluding hydrogens is 594 g/mol. The van der Waals surface area contributed by atoms with Gasteiger partial charge < -0.3 is 19.4 Å². The number of hydrogen-bond donors (Lipinski definition) is 4. The van der Waals surface area contributed by atoms with Crippen molar-refractivity contribution in [2.45, 2.75) is 116 Å². The van der Waals surface area contributed by atoms with E-state index in [-0.39, 0.29) is 128 Å². The van der Waals surface area contributed by atoms with Crippen molar-refractivity contribution in [1.29, 1.82) is 0 Å². The molecule has 272 valence electrons. The minimum Gasteiger partial charge on any atom is -0.427 e. The first kappa shape index (κ1) is 90.0. The van der Waals surface area contributed by atoms with Gasteiger partial charge in [0.15, 0.2) is 0 Å². The molecule has 6 N–H and O–H groups in total. The van der Waals surface area contributed by atoms with Crippen LogP contribution < -0.4 is 11.8 Å². The molecular formula is C24H76B2N2O12S2. The molecule has 0 aromatic heterocycles. The average Bonchev–Trinajstić information content (AvgIpc) is 2.65. The van der Waals surface area contributed by atoms with Gasteiger partial charge in [0.25, 0.3) is 0 Å². The van der Waals surface area contributed by atoms with Gasteiger partial charge in [-0.25, -0.2) is 8.37 Å². The first-order valence-corrected chi connectivity index (χ1v) is 10.8. The van der Waals surface area contributed by atoms with Gasteiger partial charge >= 0.3 is 35.0 Å². The van der Waals surface area contributed by atoms with Crippen LogP contribution in [0.4, 0.5) is 0 Å². The fourth-order valence-corrected chi connectivity index (χ4v) is 1.91. The zero-order valence-electron chi connectivity index (χ0n) is 16.8. The summed E-state index contributed by atoms with van der Waals surface area (Å²) in [5.74, 6) is 8.81. The van der Waals surface area contributed by atoms with E-state index in [2.05, 4.69) is 41.9 Å². The van der Waals surface area contributed by atoms with Crippen LogP contribution in [0.1, 0.15) is 103 Å². The largest absolute Gasteiger partial charge is 0.456 e. The molecule has 18 heteroatoms. The quantitative estimate of drug-likeness (QED) is 0.0835. The Morgan fingerprint density at radius 3 is 0.976 bits per heavy atom. The lowest BCUT2D eigenvalue weighted by atomic mass is 9.86. The van der Waals surface area contributed by atoms with E-state index in [9.17, 15) is 16.8 Å². The Labute approximate surface area is 266 Å². The van der Waals surface area contributed by atoms with E-state index in [1.807, 2.05) is 0 Å². The molecule has 0 aromatic rings. The third-order valence-corrected chi connectivity index (χ3v) is 3.85. The Morgan fingerprint density at radius 2 is 0.810 bits per heavy atom. The Bertz CT molecular complexity index is 656. The lowest BCUT2D eigenvalue weighted by Gasteiger charge is -2.07. The number of rotatable bonds is 16. The van der Waals surface area contributed by atoms with Crippen molar-refractivity contribution in [2.24, 2.45) is 11.8 Å². The predicted molar refractivity (Wildman–Crippen MR) is 188 cm³/mol. The second kappa shape index (κ2) is 49.8. The van der Waals surface area contributed by atoms with Crippen LogP contribution in [-0.4, -0.2) is 67.5 Å². The fraction of sp³-hybridized carbons (Fsp3) is 0.833. The minimum atomic E-state index is -4.15. The number of hydrogen-bond acceptors (Lipinski definition) is 14. The summed E-state index contributed by atoms with van der Waals surface area (Å²) in [6, 6.07) is 0. The van der Waals surface area contributed by atoms with Crippen molar-refractivity contribution in [3.05, 3.63) is 24.3 Å². The SMILES string of the molecule is C.C.C.C.C.C.C.C.C.C.C.C.C=C(C)COB(O)CCOS(=O)(=O)ON.C=C(C)COB(O)CCOS(=O)(=O)ON. The van der Waals surface area contributed by atoms with Gasteiger partial charge in [0.1, 0.15) is 0 Å². The average molecular weight is 671 g/mol. The summed E-state index contributed by atoms with van der Waals surface area (Å²) < 4.78 is 67.4. The molecule has 42 heavy (non-hydrogen) atoms. The molecule has 0 aliphatic heterocycles. The van der Waals surface area contributed by atoms with Crippen molar-refractivity contribution >= 4 is 35.0 Å². The van der Waals surface area contributed by atoms with Gasteiger partial charge in [-0.3, -0.25) is 0 Å². The molecule has 0 rings (SSSR count). The van der Waals surface area contributed by atoms with Crippen molar-refractivity contribution in [2.75, 3.05) is 26.4 Å². The van der Waals surface area contributed by atoms with Gasteiger partial charge in [-0.1, -0.05) is 113 Å². The van der Waals surface area contributed by atoms with E-state index in [0.29, 0.717) is 0 Å². The third-order valence-electron chi connectivity index (χ3n) is 2.46. The summed E-state index contributed by atoms with van der Waals surface area (Å²) in [6.45, 7) is 10.4. The highest BCUT2D eigenvalue weighted by Crippen LogP contribution is 2.00. The van der Waals surface area contributed by atoms with Gasteiger partial charge in [0.2, 0.25) is 0 Å². The molecule has 0 fully saturated rings. The Morgan fingerprint density at radius 1 is 0.595 bits per heavy atom. The van der Waals surface area contributed by atoms with Gasteiger partial charge in [-0.15, -0.1) is 0 Å². The molecule has 0 radical (unpaired) electrons. The highest BCUT2D eigenvalue weighted by Gasteiger charge is 2.17. The zero-order valence-corrected chi connectivity index (χ0v) is 18.4. The van der Waals surface area contributed by atoms with Gasteiger partial charge in [0.05, 0.1) is 26.4 Å². The smallest absolute Gasteiger partial charge is 0.427 e. The maximum atomic E-state index is 10.5. The van der Waals surface area contributed by atoms with Crippen LogP contribution in [0.2, 0.25) is 12.6 Å². The fourth-order valence-electron chi connectivity index (χ4n) is 1.20. The van der Waals surface area contributed by atoms with Crippen molar-refractivity contribution in [1.82, 2.24) is 0 Å². The first-order valence-electron chi connectivity index (χ1n) is 8.18. The summed E-state index contributed by atoms with van der Waals surface area (Å²) in [5, 5.41) is 18.3. The van der Waals surface area contributed by atoms with E-state index < -0.39 is 35.0 Å². The molecule has 0 amide bonds. The van der Waals surface area contributed by atoms with Crippen molar-refractivity contribution in [3.63, 3.8) is 0 Å². The highest BCUT2D eigenvalue weighted by molar-refractivity contribution is 7.82. The van der Waals surface area contributed by atoms with Crippen LogP contribution in [0.25, 0.3) is 0 Å². The van der Waals surface area contributed by atoms with Crippen LogP contribution in [0.5, 0.6) is 0 Å². The van der Waals surface area contributed by atoms with E-state index in [1.54, 1.807) is 13.8 Å². The third kappa shape index (κ3) is 67.0. The minimum absolute atomic E-state index is 0. The van der Waals surface area contributed by atoms with Crippen LogP contribution in [0.3, 0.4) is 0 Å². The highest BCUT2D eigenvalue weighted by atomic mass is 32.3. The molecule has 0 saturated carbocycles. The van der Waals surface area contributed by atoms with Gasteiger partial charge in [-0.2, -0.15) is 37.2 Å². The van der Waals surface area contributed by atoms with Crippen molar-refractivity contribution in [3.8, 4) is 0 Å². The molecule has 0 aromatic carbocycles. The monoisotopic (exact) mass is 671 g/mol. The molecule has 0 aliphatic rings. The number of nitrogens with two attached hydrogens (primary N) is 2. The Balaban J connectivity index is -0.0000000242. The van der Waals surface area contributed by atoms with Crippen LogP contribution in [0, 0.1) is 0 Å². The maximum Gasteiger partial charge on any atom is 0.456 e. The van der Waals surface area contributed by atoms with Gasteiger partial charge in [0, 0.05) is 12.6 Å². The standard InChI is InChI=1S/2C6H14BNO6S.12CH4/c2*1-6(2)5-12-7(9)3-4-13-15(10,11)14-8;;;;;;;;;;;;/h2*9H,1,3-5,8H2,2H3;12*1H4. The normalized spacial score (nSPS) is 8.14. The maximum absolute atomic E-state index is 10.5. The van der Waals surface area contributed by atoms with Crippen LogP contribution in [0.15, 0.2) is 24.3 Å². The van der Waals surface area contributed by atoms with Crippen molar-refractivity contribution < 1.29 is 53.1 Å². The van der Waals surface area contributed by atoms with E-state index >= 15 is 0 Å². The molecule has 0 aliphatic carbocycles. The lowest BCUT2D eigenvalue weighted by Crippen LogP contribution is -2.23. The Hall–Kier alpha value is -0.890. The summed E-state index contributed by atoms with van der Waals surface area (Å²) in [5.41, 5.74) is 1.49. The molecule has 0 saturated heterocycles. The summed E-state index contributed by atoms with van der Waals surface area (Å²) in [7, 11) is -10.5. The summed E-state index contributed by atoms with van der Waals surface area (Å²) >= 11 is 0. The zero-order chi connectivity index (χ0) is 23.8. The summed E-state index contributed by atoms with van der Waals surface area (Å²) in [4.78, 5) is 0. The van der Waals surface area contributed by atoms with Gasteiger partial charge in [-0.05, 0) is 13.8 Å². The molecule has 0 atom stereocenters. The second-order valence-corrected chi connectivity index (χ2v) is 8.17. The topological polar surface area (TPSA) is 216 Å². The van der Waals surface area contributed by atoms with E-state index in [4.69, 9.17) is 19.4 Å². The lowest BCUT2D eigenvalue weighted by molar-refractivity contribution is 0.216. The molecule has 0 unspecified atom stereocenters. The second-order valence-electron chi connectivity index (χ2n) is 5.68. The molecule has 0 bridgehead atoms. The predicted octanol–water partition coefficient (Wildman–Crippen LogP) is 6.06. The van der Waals surface area contributed by atoms with E-state index in [1.165, 1.54) is 0 Å².